The lowest BCUT2D eigenvalue weighted by Gasteiger charge is -2.26. The quantitative estimate of drug-likeness (QED) is 0.727. The fraction of sp³-hybridized carbons (Fsp3) is 0.500. The molecule has 0 aromatic heterocycles. The van der Waals surface area contributed by atoms with Crippen LogP contribution in [0.3, 0.4) is 0 Å². The number of aliphatic hydroxyl groups excluding tert-OH is 1. The smallest absolute Gasteiger partial charge is 0.306 e. The van der Waals surface area contributed by atoms with Crippen LogP contribution in [0.25, 0.3) is 0 Å². The van der Waals surface area contributed by atoms with E-state index >= 15 is 0 Å². The first-order valence-electron chi connectivity index (χ1n) is 6.35. The van der Waals surface area contributed by atoms with Gasteiger partial charge >= 0.3 is 5.97 Å². The summed E-state index contributed by atoms with van der Waals surface area (Å²) in [4.78, 5) is 10.4. The number of carboxylic acid groups (broad SMARTS) is 1. The number of fused-ring (bicyclic) bond motifs is 1. The van der Waals surface area contributed by atoms with Crippen LogP contribution in [0, 0.1) is 0 Å². The number of carboxylic acids is 1. The maximum Gasteiger partial charge on any atom is 0.306 e. The predicted molar refractivity (Wildman–Crippen MR) is 68.5 cm³/mol. The molecule has 0 bridgehead atoms. The number of hydrogen-bond donors (Lipinski definition) is 3. The molecule has 0 aliphatic heterocycles. The second-order valence-corrected chi connectivity index (χ2v) is 4.87. The summed E-state index contributed by atoms with van der Waals surface area (Å²) in [5.74, 6) is -0.960. The molecule has 18 heavy (non-hydrogen) atoms. The van der Waals surface area contributed by atoms with Crippen molar-refractivity contribution < 1.29 is 15.0 Å². The Morgan fingerprint density at radius 2 is 2.11 bits per heavy atom. The van der Waals surface area contributed by atoms with E-state index in [9.17, 15) is 9.90 Å². The fourth-order valence-electron chi connectivity index (χ4n) is 2.45. The Morgan fingerprint density at radius 1 is 1.39 bits per heavy atom. The lowest BCUT2D eigenvalue weighted by molar-refractivity contribution is -0.139. The molecule has 0 fully saturated rings. The minimum Gasteiger partial charge on any atom is -0.481 e. The van der Waals surface area contributed by atoms with Crippen molar-refractivity contribution in [1.29, 1.82) is 0 Å². The Balaban J connectivity index is 1.81. The lowest BCUT2D eigenvalue weighted by Crippen LogP contribution is -2.39. The van der Waals surface area contributed by atoms with Gasteiger partial charge in [-0.15, -0.1) is 0 Å². The number of benzene rings is 1. The van der Waals surface area contributed by atoms with Crippen LogP contribution < -0.4 is 5.32 Å². The van der Waals surface area contributed by atoms with Gasteiger partial charge < -0.3 is 15.5 Å². The average molecular weight is 249 g/mol. The van der Waals surface area contributed by atoms with Crippen molar-refractivity contribution in [3.63, 3.8) is 0 Å². The van der Waals surface area contributed by atoms with Crippen LogP contribution in [0.4, 0.5) is 0 Å². The summed E-state index contributed by atoms with van der Waals surface area (Å²) >= 11 is 0. The molecule has 0 saturated carbocycles. The highest BCUT2D eigenvalue weighted by Gasteiger charge is 2.19. The third-order valence-corrected chi connectivity index (χ3v) is 3.40. The number of aliphatic hydroxyl groups is 1. The van der Waals surface area contributed by atoms with Crippen LogP contribution in [0.2, 0.25) is 0 Å². The molecule has 3 N–H and O–H groups in total. The second kappa shape index (κ2) is 5.98. The van der Waals surface area contributed by atoms with E-state index in [4.69, 9.17) is 5.11 Å². The molecular formula is C14H19NO3. The second-order valence-electron chi connectivity index (χ2n) is 4.87. The van der Waals surface area contributed by atoms with Crippen LogP contribution in [-0.2, 0) is 17.6 Å². The van der Waals surface area contributed by atoms with E-state index in [0.29, 0.717) is 12.6 Å². The van der Waals surface area contributed by atoms with Crippen LogP contribution >= 0.6 is 0 Å². The molecule has 0 spiro atoms. The molecule has 0 saturated heterocycles. The summed E-state index contributed by atoms with van der Waals surface area (Å²) in [6.45, 7) is 0.346. The summed E-state index contributed by atoms with van der Waals surface area (Å²) in [6, 6.07) is 8.73. The largest absolute Gasteiger partial charge is 0.481 e. The zero-order valence-electron chi connectivity index (χ0n) is 10.3. The molecule has 1 aromatic rings. The molecule has 2 unspecified atom stereocenters. The number of rotatable bonds is 5. The SMILES string of the molecule is O=C(O)CC(O)CNC1CCc2ccccc2C1. The van der Waals surface area contributed by atoms with Crippen molar-refractivity contribution >= 4 is 5.97 Å². The van der Waals surface area contributed by atoms with Crippen molar-refractivity contribution in [2.24, 2.45) is 0 Å². The molecule has 1 aliphatic rings. The van der Waals surface area contributed by atoms with E-state index in [1.54, 1.807) is 0 Å². The molecule has 4 heteroatoms. The Bertz CT molecular complexity index is 419. The van der Waals surface area contributed by atoms with Gasteiger partial charge in [-0.05, 0) is 30.4 Å². The van der Waals surface area contributed by atoms with Crippen molar-refractivity contribution in [2.45, 2.75) is 37.8 Å². The van der Waals surface area contributed by atoms with Gasteiger partial charge in [-0.2, -0.15) is 0 Å². The first-order valence-corrected chi connectivity index (χ1v) is 6.35. The molecule has 0 heterocycles. The van der Waals surface area contributed by atoms with E-state index in [0.717, 1.165) is 19.3 Å². The number of aliphatic carboxylic acids is 1. The molecular weight excluding hydrogens is 230 g/mol. The van der Waals surface area contributed by atoms with Crippen LogP contribution in [-0.4, -0.2) is 34.9 Å². The van der Waals surface area contributed by atoms with E-state index < -0.39 is 12.1 Å². The van der Waals surface area contributed by atoms with Gasteiger partial charge in [-0.1, -0.05) is 24.3 Å². The third-order valence-electron chi connectivity index (χ3n) is 3.40. The van der Waals surface area contributed by atoms with Gasteiger partial charge in [-0.3, -0.25) is 4.79 Å². The Labute approximate surface area is 107 Å². The Morgan fingerprint density at radius 3 is 2.83 bits per heavy atom. The van der Waals surface area contributed by atoms with E-state index in [2.05, 4.69) is 23.5 Å². The molecule has 1 aliphatic carbocycles. The van der Waals surface area contributed by atoms with Gasteiger partial charge in [-0.25, -0.2) is 0 Å². The maximum atomic E-state index is 10.4. The zero-order valence-corrected chi connectivity index (χ0v) is 10.3. The first kappa shape index (κ1) is 13.1. The summed E-state index contributed by atoms with van der Waals surface area (Å²) in [7, 11) is 0. The number of hydrogen-bond acceptors (Lipinski definition) is 3. The first-order chi connectivity index (χ1) is 8.65. The molecule has 1 aromatic carbocycles. The molecule has 2 rings (SSSR count). The van der Waals surface area contributed by atoms with Crippen LogP contribution in [0.5, 0.6) is 0 Å². The average Bonchev–Trinajstić information content (AvgIpc) is 2.35. The van der Waals surface area contributed by atoms with Crippen molar-refractivity contribution in [2.75, 3.05) is 6.54 Å². The number of nitrogens with one attached hydrogen (secondary N) is 1. The summed E-state index contributed by atoms with van der Waals surface area (Å²) in [5.41, 5.74) is 2.76. The normalized spacial score (nSPS) is 20.2. The number of carbonyl (C=O) groups is 1. The van der Waals surface area contributed by atoms with E-state index in [1.165, 1.54) is 11.1 Å². The highest BCUT2D eigenvalue weighted by Crippen LogP contribution is 2.20. The topological polar surface area (TPSA) is 69.6 Å². The van der Waals surface area contributed by atoms with Crippen molar-refractivity contribution in [3.8, 4) is 0 Å². The van der Waals surface area contributed by atoms with Gasteiger partial charge in [0.25, 0.3) is 0 Å². The highest BCUT2D eigenvalue weighted by molar-refractivity contribution is 5.67. The summed E-state index contributed by atoms with van der Waals surface area (Å²) in [6.07, 6.45) is 2.03. The Kier molecular flexibility index (Phi) is 4.33. The third kappa shape index (κ3) is 3.55. The van der Waals surface area contributed by atoms with E-state index in [1.807, 2.05) is 6.07 Å². The number of aryl methyl sites for hydroxylation is 1. The van der Waals surface area contributed by atoms with Gasteiger partial charge in [0.15, 0.2) is 0 Å². The highest BCUT2D eigenvalue weighted by atomic mass is 16.4. The minimum atomic E-state index is -0.960. The summed E-state index contributed by atoms with van der Waals surface area (Å²) in [5, 5.41) is 21.3. The van der Waals surface area contributed by atoms with Crippen LogP contribution in [0.1, 0.15) is 24.0 Å². The molecule has 0 amide bonds. The molecule has 4 nitrogen and oxygen atoms in total. The fourth-order valence-corrected chi connectivity index (χ4v) is 2.45. The maximum absolute atomic E-state index is 10.4. The molecule has 98 valence electrons. The lowest BCUT2D eigenvalue weighted by atomic mass is 9.88. The molecule has 0 radical (unpaired) electrons. The minimum absolute atomic E-state index is 0.198. The van der Waals surface area contributed by atoms with Gasteiger partial charge in [0.1, 0.15) is 0 Å². The van der Waals surface area contributed by atoms with Crippen molar-refractivity contribution in [1.82, 2.24) is 5.32 Å². The molecule has 2 atom stereocenters. The van der Waals surface area contributed by atoms with Gasteiger partial charge in [0, 0.05) is 12.6 Å². The van der Waals surface area contributed by atoms with Gasteiger partial charge in [0.2, 0.25) is 0 Å². The zero-order chi connectivity index (χ0) is 13.0. The van der Waals surface area contributed by atoms with Crippen molar-refractivity contribution in [3.05, 3.63) is 35.4 Å². The summed E-state index contributed by atoms with van der Waals surface area (Å²) < 4.78 is 0. The standard InChI is InChI=1S/C14H19NO3/c16-13(8-14(17)18)9-15-12-6-5-10-3-1-2-4-11(10)7-12/h1-4,12-13,15-16H,5-9H2,(H,17,18). The van der Waals surface area contributed by atoms with Crippen LogP contribution in [0.15, 0.2) is 24.3 Å². The van der Waals surface area contributed by atoms with E-state index in [-0.39, 0.29) is 6.42 Å². The van der Waals surface area contributed by atoms with Gasteiger partial charge in [0.05, 0.1) is 12.5 Å². The monoisotopic (exact) mass is 249 g/mol. The Hall–Kier alpha value is -1.39. The predicted octanol–water partition coefficient (Wildman–Crippen LogP) is 0.969.